The Morgan fingerprint density at radius 1 is 0.938 bits per heavy atom. The molecule has 2 atom stereocenters. The fourth-order valence-electron chi connectivity index (χ4n) is 6.40. The Labute approximate surface area is 292 Å². The van der Waals surface area contributed by atoms with Gasteiger partial charge < -0.3 is 8.75 Å². The fraction of sp³-hybridized carbons (Fsp3) is 0.439. The highest BCUT2D eigenvalue weighted by molar-refractivity contribution is 7.75. The second-order valence-electron chi connectivity index (χ2n) is 13.7. The predicted molar refractivity (Wildman–Crippen MR) is 204 cm³/mol. The first-order valence-electron chi connectivity index (χ1n) is 17.7. The van der Waals surface area contributed by atoms with Crippen LogP contribution in [0.15, 0.2) is 60.9 Å². The summed E-state index contributed by atoms with van der Waals surface area (Å²) in [6.07, 6.45) is 12.4. The molecule has 6 nitrogen and oxygen atoms in total. The van der Waals surface area contributed by atoms with E-state index in [2.05, 4.69) is 108 Å². The number of hydrogen-bond acceptors (Lipinski definition) is 5. The summed E-state index contributed by atoms with van der Waals surface area (Å²) in [6, 6.07) is 16.9. The molecule has 48 heavy (non-hydrogen) atoms. The van der Waals surface area contributed by atoms with E-state index in [1.165, 1.54) is 45.7 Å². The van der Waals surface area contributed by atoms with Crippen LogP contribution in [-0.4, -0.2) is 23.9 Å². The van der Waals surface area contributed by atoms with E-state index >= 15 is 0 Å². The van der Waals surface area contributed by atoms with Gasteiger partial charge in [0.05, 0.1) is 28.7 Å². The van der Waals surface area contributed by atoms with Crippen molar-refractivity contribution in [2.75, 3.05) is 0 Å². The van der Waals surface area contributed by atoms with Crippen LogP contribution in [0, 0.1) is 12.8 Å². The second kappa shape index (κ2) is 15.7. The normalized spacial score (nSPS) is 15.4. The number of hydrogen-bond donors (Lipinski definition) is 1. The Balaban J connectivity index is 0.000000349. The maximum absolute atomic E-state index is 5.45. The van der Waals surface area contributed by atoms with E-state index in [0.717, 1.165) is 53.5 Å². The van der Waals surface area contributed by atoms with Crippen LogP contribution in [0.5, 0.6) is 0 Å². The topological polar surface area (TPSA) is 57.2 Å². The first-order chi connectivity index (χ1) is 23.1. The van der Waals surface area contributed by atoms with Crippen molar-refractivity contribution in [3.8, 4) is 22.6 Å². The lowest BCUT2D eigenvalue weighted by molar-refractivity contribution is 0.248. The van der Waals surface area contributed by atoms with Gasteiger partial charge in [0.2, 0.25) is 5.78 Å². The summed E-state index contributed by atoms with van der Waals surface area (Å²) < 4.78 is 9.37. The van der Waals surface area contributed by atoms with Crippen LogP contribution in [-0.2, 0) is 11.2 Å². The van der Waals surface area contributed by atoms with Gasteiger partial charge in [0.15, 0.2) is 0 Å². The van der Waals surface area contributed by atoms with Crippen LogP contribution in [0.3, 0.4) is 0 Å². The molecule has 0 aliphatic heterocycles. The minimum atomic E-state index is 0.125. The standard InChI is InChI=1S/C32H41N5.C9H12OS/c1-9-20(5)16-26-24(21(6)10-2)12-11-13-25(26)29-30(23-14-15-23)36(8)31(34-29)27-18-37-17-22(7)33-32(37)35-28(27)19(3)4;1-2-9(10-11)8-6-4-3-5-7-8/h11-13,16-20,23H,9-10,14-15H2,1-8H3;3-7,9,11H,2H2,1H3/b24-21+,26-16+;. The van der Waals surface area contributed by atoms with Crippen LogP contribution in [0.1, 0.15) is 121 Å². The van der Waals surface area contributed by atoms with Crippen LogP contribution in [0.2, 0.25) is 0 Å². The molecule has 7 heteroatoms. The molecule has 0 bridgehead atoms. The highest BCUT2D eigenvalue weighted by Gasteiger charge is 2.33. The zero-order valence-electron chi connectivity index (χ0n) is 30.3. The third kappa shape index (κ3) is 7.63. The third-order valence-electron chi connectivity index (χ3n) is 9.60. The van der Waals surface area contributed by atoms with Gasteiger partial charge >= 0.3 is 0 Å². The van der Waals surface area contributed by atoms with E-state index in [9.17, 15) is 0 Å². The van der Waals surface area contributed by atoms with Gasteiger partial charge in [-0.1, -0.05) is 108 Å². The maximum Gasteiger partial charge on any atom is 0.234 e. The monoisotopic (exact) mass is 663 g/mol. The number of nitrogens with zero attached hydrogens (tertiary/aromatic N) is 5. The van der Waals surface area contributed by atoms with Crippen LogP contribution in [0.4, 0.5) is 0 Å². The highest BCUT2D eigenvalue weighted by atomic mass is 32.1. The number of rotatable bonds is 10. The minimum absolute atomic E-state index is 0.125. The van der Waals surface area contributed by atoms with Gasteiger partial charge in [-0.05, 0) is 80.3 Å². The van der Waals surface area contributed by atoms with Crippen LogP contribution < -0.4 is 10.4 Å². The number of benzene rings is 2. The van der Waals surface area contributed by atoms with Gasteiger partial charge in [-0.3, -0.25) is 4.40 Å². The van der Waals surface area contributed by atoms with Crippen LogP contribution in [0.25, 0.3) is 40.1 Å². The molecule has 2 unspecified atom stereocenters. The number of imidazole rings is 2. The summed E-state index contributed by atoms with van der Waals surface area (Å²) in [4.78, 5) is 15.1. The SMILES string of the molecule is CC/C(C)=c1\cccc(-c2nc(-c3cn4cc(C)nc4nc3C(C)C)n(C)c2C2CC2)\c1=C\C(C)CC.CCC(OS)c1ccccc1. The molecule has 1 aliphatic carbocycles. The summed E-state index contributed by atoms with van der Waals surface area (Å²) in [6.45, 7) is 17.6. The van der Waals surface area contributed by atoms with Crippen molar-refractivity contribution >= 4 is 30.3 Å². The van der Waals surface area contributed by atoms with Crippen molar-refractivity contribution < 1.29 is 4.18 Å². The van der Waals surface area contributed by atoms with Crippen molar-refractivity contribution in [1.29, 1.82) is 0 Å². The molecular weight excluding hydrogens is 611 g/mol. The number of thiol groups is 1. The van der Waals surface area contributed by atoms with Crippen molar-refractivity contribution in [3.63, 3.8) is 0 Å². The van der Waals surface area contributed by atoms with E-state index in [-0.39, 0.29) is 12.0 Å². The Kier molecular flexibility index (Phi) is 11.6. The maximum atomic E-state index is 5.45. The zero-order chi connectivity index (χ0) is 34.5. The Hall–Kier alpha value is -3.68. The molecule has 3 heterocycles. The molecule has 0 amide bonds. The molecule has 0 radical (unpaired) electrons. The Morgan fingerprint density at radius 2 is 1.67 bits per heavy atom. The van der Waals surface area contributed by atoms with Crippen molar-refractivity contribution in [2.24, 2.45) is 13.0 Å². The smallest absolute Gasteiger partial charge is 0.234 e. The summed E-state index contributed by atoms with van der Waals surface area (Å²) in [7, 11) is 2.19. The molecule has 0 saturated heterocycles. The number of aryl methyl sites for hydroxylation is 1. The average molecular weight is 664 g/mol. The molecule has 0 spiro atoms. The molecule has 2 aromatic carbocycles. The Morgan fingerprint density at radius 3 is 2.27 bits per heavy atom. The lowest BCUT2D eigenvalue weighted by Gasteiger charge is -2.13. The first-order valence-corrected chi connectivity index (χ1v) is 18.1. The first kappa shape index (κ1) is 35.6. The molecule has 1 aliphatic rings. The second-order valence-corrected chi connectivity index (χ2v) is 13.9. The Bertz CT molecular complexity index is 1970. The molecule has 1 fully saturated rings. The number of fused-ring (bicyclic) bond motifs is 1. The van der Waals surface area contributed by atoms with E-state index in [1.54, 1.807) is 0 Å². The molecular formula is C41H53N5OS. The quantitative estimate of drug-likeness (QED) is 0.119. The fourth-order valence-corrected chi connectivity index (χ4v) is 6.67. The van der Waals surface area contributed by atoms with Crippen molar-refractivity contribution in [2.45, 2.75) is 105 Å². The molecule has 6 rings (SSSR count). The summed E-state index contributed by atoms with van der Waals surface area (Å²) in [5.74, 6) is 3.08. The van der Waals surface area contributed by atoms with Gasteiger partial charge in [0.1, 0.15) is 5.82 Å². The molecule has 0 N–H and O–H groups in total. The molecule has 3 aromatic heterocycles. The third-order valence-corrected chi connectivity index (χ3v) is 9.86. The van der Waals surface area contributed by atoms with E-state index in [0.29, 0.717) is 11.8 Å². The zero-order valence-corrected chi connectivity index (χ0v) is 31.2. The summed E-state index contributed by atoms with van der Waals surface area (Å²) >= 11 is 3.81. The van der Waals surface area contributed by atoms with Gasteiger partial charge in [0.25, 0.3) is 0 Å². The lowest BCUT2D eigenvalue weighted by Crippen LogP contribution is -2.29. The van der Waals surface area contributed by atoms with E-state index in [1.807, 2.05) is 47.9 Å². The average Bonchev–Trinajstić information content (AvgIpc) is 3.77. The largest absolute Gasteiger partial charge is 0.330 e. The molecule has 5 aromatic rings. The lowest BCUT2D eigenvalue weighted by atomic mass is 9.97. The minimum Gasteiger partial charge on any atom is -0.330 e. The predicted octanol–water partition coefficient (Wildman–Crippen LogP) is 9.51. The van der Waals surface area contributed by atoms with Gasteiger partial charge in [-0.25, -0.2) is 15.0 Å². The van der Waals surface area contributed by atoms with Crippen LogP contribution >= 0.6 is 12.9 Å². The van der Waals surface area contributed by atoms with Gasteiger partial charge in [-0.2, -0.15) is 0 Å². The molecule has 1 saturated carbocycles. The van der Waals surface area contributed by atoms with E-state index < -0.39 is 0 Å². The highest BCUT2D eigenvalue weighted by Crippen LogP contribution is 2.45. The van der Waals surface area contributed by atoms with Crippen molar-refractivity contribution in [1.82, 2.24) is 23.9 Å². The van der Waals surface area contributed by atoms with Gasteiger partial charge in [0, 0.05) is 36.6 Å². The summed E-state index contributed by atoms with van der Waals surface area (Å²) in [5, 5.41) is 2.69. The van der Waals surface area contributed by atoms with Gasteiger partial charge in [-0.15, -0.1) is 0 Å². The number of aromatic nitrogens is 5. The van der Waals surface area contributed by atoms with Crippen molar-refractivity contribution in [3.05, 3.63) is 94.0 Å². The summed E-state index contributed by atoms with van der Waals surface area (Å²) in [5.41, 5.74) is 9.48. The molecule has 254 valence electrons. The van der Waals surface area contributed by atoms with E-state index in [4.69, 9.17) is 14.2 Å².